The number of benzene rings is 9. The van der Waals surface area contributed by atoms with Gasteiger partial charge in [-0.1, -0.05) is 84.9 Å². The number of hydrogen-bond donors (Lipinski definition) is 0. The Morgan fingerprint density at radius 1 is 0.352 bits per heavy atom. The van der Waals surface area contributed by atoms with Crippen molar-refractivity contribution in [3.63, 3.8) is 0 Å². The van der Waals surface area contributed by atoms with Crippen molar-refractivity contribution in [2.75, 3.05) is 4.90 Å². The average Bonchev–Trinajstić information content (AvgIpc) is 3.91. The van der Waals surface area contributed by atoms with E-state index in [0.29, 0.717) is 5.89 Å². The van der Waals surface area contributed by atoms with Crippen LogP contribution in [0.4, 0.5) is 17.1 Å². The smallest absolute Gasteiger partial charge is 0.228 e. The van der Waals surface area contributed by atoms with E-state index in [4.69, 9.17) is 18.2 Å². The first-order valence-corrected chi connectivity index (χ1v) is 18.1. The van der Waals surface area contributed by atoms with Gasteiger partial charge in [0.1, 0.15) is 27.8 Å². The Hall–Kier alpha value is -7.37. The SMILES string of the molecule is c1ccc2cc(N(c3ccc4c(c3)oc3cc5ccccc5cc34)c3ccc4c(c3)oc3cccc(-c5nc6cc7ccccc7cc6o5)c34)ccc2c1. The second-order valence-corrected chi connectivity index (χ2v) is 14.0. The van der Waals surface area contributed by atoms with Gasteiger partial charge in [-0.2, -0.15) is 0 Å². The molecule has 0 bridgehead atoms. The average molecular weight is 693 g/mol. The number of hydrogen-bond acceptors (Lipinski definition) is 5. The van der Waals surface area contributed by atoms with Crippen LogP contribution in [0.25, 0.3) is 98.7 Å². The molecule has 3 aromatic heterocycles. The molecule has 0 radical (unpaired) electrons. The highest BCUT2D eigenvalue weighted by molar-refractivity contribution is 6.14. The Kier molecular flexibility index (Phi) is 5.99. The maximum Gasteiger partial charge on any atom is 0.228 e. The van der Waals surface area contributed by atoms with Crippen molar-refractivity contribution < 1.29 is 13.3 Å². The van der Waals surface area contributed by atoms with Crippen LogP contribution in [0.2, 0.25) is 0 Å². The number of nitrogens with zero attached hydrogens (tertiary/aromatic N) is 2. The second kappa shape index (κ2) is 11.1. The largest absolute Gasteiger partial charge is 0.456 e. The zero-order chi connectivity index (χ0) is 35.3. The predicted octanol–water partition coefficient (Wildman–Crippen LogP) is 14.2. The van der Waals surface area contributed by atoms with Gasteiger partial charge in [-0.15, -0.1) is 0 Å². The molecule has 12 aromatic rings. The van der Waals surface area contributed by atoms with Gasteiger partial charge < -0.3 is 18.2 Å². The molecule has 54 heavy (non-hydrogen) atoms. The van der Waals surface area contributed by atoms with E-state index in [9.17, 15) is 0 Å². The van der Waals surface area contributed by atoms with Crippen LogP contribution in [0.3, 0.4) is 0 Å². The predicted molar refractivity (Wildman–Crippen MR) is 221 cm³/mol. The molecule has 0 N–H and O–H groups in total. The van der Waals surface area contributed by atoms with Gasteiger partial charge in [0.05, 0.1) is 0 Å². The van der Waals surface area contributed by atoms with Gasteiger partial charge in [0.25, 0.3) is 0 Å². The summed E-state index contributed by atoms with van der Waals surface area (Å²) in [6, 6.07) is 59.3. The molecule has 0 aliphatic heterocycles. The Balaban J connectivity index is 1.03. The Labute approximate surface area is 307 Å². The van der Waals surface area contributed by atoms with Gasteiger partial charge in [0.15, 0.2) is 5.58 Å². The lowest BCUT2D eigenvalue weighted by molar-refractivity contribution is 0.620. The molecule has 5 heteroatoms. The van der Waals surface area contributed by atoms with E-state index < -0.39 is 0 Å². The van der Waals surface area contributed by atoms with Gasteiger partial charge in [-0.25, -0.2) is 4.98 Å². The molecule has 0 amide bonds. The van der Waals surface area contributed by atoms with Crippen molar-refractivity contribution in [1.29, 1.82) is 0 Å². The van der Waals surface area contributed by atoms with E-state index in [0.717, 1.165) is 99.1 Å². The van der Waals surface area contributed by atoms with Gasteiger partial charge in [0.2, 0.25) is 5.89 Å². The fourth-order valence-electron chi connectivity index (χ4n) is 8.21. The van der Waals surface area contributed by atoms with Crippen LogP contribution in [0, 0.1) is 0 Å². The standard InChI is InChI=1S/C49H28N2O3/c1-2-9-30-22-35(17-16-29(30)8-1)51(36-18-20-38-41-23-31-10-3-5-12-33(31)25-44(41)53-45(38)27-36)37-19-21-39-46(28-37)52-43-15-7-14-40(48(39)43)49-50-42-24-32-11-4-6-13-34(32)26-47(42)54-49/h1-28H. The molecule has 0 atom stereocenters. The van der Waals surface area contributed by atoms with Crippen molar-refractivity contribution in [2.45, 2.75) is 0 Å². The van der Waals surface area contributed by atoms with Crippen molar-refractivity contribution >= 4 is 104 Å². The van der Waals surface area contributed by atoms with Crippen LogP contribution in [0.15, 0.2) is 183 Å². The summed E-state index contributed by atoms with van der Waals surface area (Å²) in [7, 11) is 0. The number of oxazole rings is 1. The summed E-state index contributed by atoms with van der Waals surface area (Å²) in [6.45, 7) is 0. The first kappa shape index (κ1) is 29.2. The van der Waals surface area contributed by atoms with Gasteiger partial charge >= 0.3 is 0 Å². The maximum absolute atomic E-state index is 6.62. The fraction of sp³-hybridized carbons (Fsp3) is 0. The molecule has 9 aromatic carbocycles. The minimum Gasteiger partial charge on any atom is -0.456 e. The zero-order valence-corrected chi connectivity index (χ0v) is 28.8. The second-order valence-electron chi connectivity index (χ2n) is 14.0. The number of anilines is 3. The van der Waals surface area contributed by atoms with Crippen molar-refractivity contribution in [3.05, 3.63) is 170 Å². The summed E-state index contributed by atoms with van der Waals surface area (Å²) >= 11 is 0. The van der Waals surface area contributed by atoms with Gasteiger partial charge in [-0.05, 0) is 105 Å². The van der Waals surface area contributed by atoms with E-state index in [1.165, 1.54) is 10.8 Å². The number of aromatic nitrogens is 1. The molecule has 3 heterocycles. The molecule has 0 saturated heterocycles. The first-order valence-electron chi connectivity index (χ1n) is 18.1. The van der Waals surface area contributed by atoms with E-state index in [1.807, 2.05) is 24.3 Å². The Morgan fingerprint density at radius 3 is 1.67 bits per heavy atom. The molecule has 0 aliphatic rings. The van der Waals surface area contributed by atoms with Crippen molar-refractivity contribution in [3.8, 4) is 11.5 Å². The lowest BCUT2D eigenvalue weighted by Crippen LogP contribution is -2.09. The van der Waals surface area contributed by atoms with Crippen LogP contribution < -0.4 is 4.90 Å². The van der Waals surface area contributed by atoms with E-state index >= 15 is 0 Å². The summed E-state index contributed by atoms with van der Waals surface area (Å²) in [4.78, 5) is 7.22. The molecule has 0 unspecified atom stereocenters. The first-order chi connectivity index (χ1) is 26.7. The van der Waals surface area contributed by atoms with Crippen LogP contribution in [0.5, 0.6) is 0 Å². The zero-order valence-electron chi connectivity index (χ0n) is 28.8. The van der Waals surface area contributed by atoms with Crippen LogP contribution in [-0.2, 0) is 0 Å². The molecular formula is C49H28N2O3. The fourth-order valence-corrected chi connectivity index (χ4v) is 8.21. The summed E-state index contributed by atoms with van der Waals surface area (Å²) < 4.78 is 19.6. The normalized spacial score (nSPS) is 12.1. The number of rotatable bonds is 4. The third-order valence-corrected chi connectivity index (χ3v) is 10.8. The highest BCUT2D eigenvalue weighted by atomic mass is 16.4. The summed E-state index contributed by atoms with van der Waals surface area (Å²) in [5.41, 5.74) is 8.74. The third kappa shape index (κ3) is 4.42. The number of furan rings is 2. The Bertz CT molecular complexity index is 3420. The van der Waals surface area contributed by atoms with Gasteiger partial charge in [-0.3, -0.25) is 0 Å². The van der Waals surface area contributed by atoms with Crippen LogP contribution in [-0.4, -0.2) is 4.98 Å². The summed E-state index contributed by atoms with van der Waals surface area (Å²) in [5, 5.41) is 11.1. The summed E-state index contributed by atoms with van der Waals surface area (Å²) in [5.74, 6) is 0.572. The maximum atomic E-state index is 6.62. The minimum absolute atomic E-state index is 0.572. The Morgan fingerprint density at radius 2 is 0.907 bits per heavy atom. The topological polar surface area (TPSA) is 55.6 Å². The van der Waals surface area contributed by atoms with Crippen molar-refractivity contribution in [1.82, 2.24) is 4.98 Å². The number of fused-ring (bicyclic) bond motifs is 10. The molecule has 0 spiro atoms. The molecule has 12 rings (SSSR count). The lowest BCUT2D eigenvalue weighted by Gasteiger charge is -2.25. The highest BCUT2D eigenvalue weighted by Gasteiger charge is 2.21. The lowest BCUT2D eigenvalue weighted by atomic mass is 10.0. The third-order valence-electron chi connectivity index (χ3n) is 10.8. The van der Waals surface area contributed by atoms with E-state index in [1.54, 1.807) is 0 Å². The molecular weight excluding hydrogens is 665 g/mol. The molecule has 252 valence electrons. The minimum atomic E-state index is 0.572. The monoisotopic (exact) mass is 692 g/mol. The molecule has 5 nitrogen and oxygen atoms in total. The summed E-state index contributed by atoms with van der Waals surface area (Å²) in [6.07, 6.45) is 0. The molecule has 0 fully saturated rings. The van der Waals surface area contributed by atoms with E-state index in [-0.39, 0.29) is 0 Å². The van der Waals surface area contributed by atoms with Crippen molar-refractivity contribution in [2.24, 2.45) is 0 Å². The van der Waals surface area contributed by atoms with Crippen LogP contribution in [0.1, 0.15) is 0 Å². The van der Waals surface area contributed by atoms with Crippen LogP contribution >= 0.6 is 0 Å². The van der Waals surface area contributed by atoms with Gasteiger partial charge in [0, 0.05) is 56.3 Å². The molecule has 0 aliphatic carbocycles. The van der Waals surface area contributed by atoms with E-state index in [2.05, 4.69) is 150 Å². The highest BCUT2D eigenvalue weighted by Crippen LogP contribution is 2.43. The molecule has 0 saturated carbocycles. The quantitative estimate of drug-likeness (QED) is 0.184.